The van der Waals surface area contributed by atoms with E-state index in [-0.39, 0.29) is 29.0 Å². The number of nitrogens with zero attached hydrogens (tertiary/aromatic N) is 1. The van der Waals surface area contributed by atoms with Crippen molar-refractivity contribution in [2.45, 2.75) is 57.1 Å². The molecule has 2 aliphatic rings. The zero-order valence-electron chi connectivity index (χ0n) is 15.6. The van der Waals surface area contributed by atoms with Crippen LogP contribution in [-0.2, 0) is 24.6 Å². The molecule has 1 aromatic rings. The van der Waals surface area contributed by atoms with E-state index in [1.807, 2.05) is 19.9 Å². The lowest BCUT2D eigenvalue weighted by molar-refractivity contribution is 0.0877. The molecule has 26 heavy (non-hydrogen) atoms. The molecule has 0 N–H and O–H groups in total. The van der Waals surface area contributed by atoms with E-state index in [0.717, 1.165) is 24.0 Å². The van der Waals surface area contributed by atoms with Gasteiger partial charge in [-0.05, 0) is 62.8 Å². The van der Waals surface area contributed by atoms with Crippen LogP contribution in [0.1, 0.15) is 36.0 Å². The number of sulfone groups is 1. The summed E-state index contributed by atoms with van der Waals surface area (Å²) in [5.41, 5.74) is 2.63. The van der Waals surface area contributed by atoms with Crippen LogP contribution in [0.15, 0.2) is 17.0 Å². The summed E-state index contributed by atoms with van der Waals surface area (Å²) in [6.45, 7) is 6.47. The van der Waals surface area contributed by atoms with Gasteiger partial charge >= 0.3 is 0 Å². The molecule has 6 nitrogen and oxygen atoms in total. The molecule has 0 aromatic heterocycles. The topological polar surface area (TPSA) is 80.8 Å². The van der Waals surface area contributed by atoms with Gasteiger partial charge in [0.15, 0.2) is 9.84 Å². The first-order valence-corrected chi connectivity index (χ1v) is 12.3. The lowest BCUT2D eigenvalue weighted by atomic mass is 10.1. The molecule has 8 heteroatoms. The van der Waals surface area contributed by atoms with Gasteiger partial charge in [-0.3, -0.25) is 0 Å². The van der Waals surface area contributed by atoms with E-state index in [1.54, 1.807) is 13.0 Å². The number of hydrogen-bond donors (Lipinski definition) is 0. The molecular formula is C18H27NO5S2. The van der Waals surface area contributed by atoms with Crippen molar-refractivity contribution in [1.29, 1.82) is 0 Å². The van der Waals surface area contributed by atoms with Gasteiger partial charge in [-0.1, -0.05) is 6.07 Å². The predicted octanol–water partition coefficient (Wildman–Crippen LogP) is 1.97. The van der Waals surface area contributed by atoms with Crippen LogP contribution in [0.25, 0.3) is 0 Å². The molecule has 0 amide bonds. The van der Waals surface area contributed by atoms with Crippen LogP contribution in [-0.4, -0.2) is 57.9 Å². The van der Waals surface area contributed by atoms with Crippen molar-refractivity contribution in [2.24, 2.45) is 0 Å². The molecule has 146 valence electrons. The standard InChI is InChI=1S/C18H27NO5S2/c1-13-9-15(3)18(10-14(13)2)26(22,23)19(11-17-5-4-7-24-17)16-6-8-25(20,21)12-16/h9-10,16-17H,4-8,11-12H2,1-3H3/t16-,17+/m0/s1. The third-order valence-electron chi connectivity index (χ3n) is 5.40. The van der Waals surface area contributed by atoms with Crippen molar-refractivity contribution in [3.8, 4) is 0 Å². The van der Waals surface area contributed by atoms with E-state index in [2.05, 4.69) is 0 Å². The summed E-state index contributed by atoms with van der Waals surface area (Å²) in [5.74, 6) is -0.0655. The maximum absolute atomic E-state index is 13.5. The molecule has 2 heterocycles. The second-order valence-electron chi connectivity index (χ2n) is 7.47. The highest BCUT2D eigenvalue weighted by Crippen LogP contribution is 2.30. The van der Waals surface area contributed by atoms with Crippen LogP contribution in [0.3, 0.4) is 0 Å². The summed E-state index contributed by atoms with van der Waals surface area (Å²) in [6.07, 6.45) is 1.89. The highest BCUT2D eigenvalue weighted by molar-refractivity contribution is 7.92. The lowest BCUT2D eigenvalue weighted by Crippen LogP contribution is -2.45. The maximum Gasteiger partial charge on any atom is 0.243 e. The van der Waals surface area contributed by atoms with Crippen LogP contribution in [0, 0.1) is 20.8 Å². The first-order chi connectivity index (χ1) is 12.1. The zero-order valence-corrected chi connectivity index (χ0v) is 17.2. The highest BCUT2D eigenvalue weighted by atomic mass is 32.2. The molecule has 3 rings (SSSR count). The van der Waals surface area contributed by atoms with Gasteiger partial charge < -0.3 is 4.74 Å². The largest absolute Gasteiger partial charge is 0.377 e. The van der Waals surface area contributed by atoms with Crippen molar-refractivity contribution in [1.82, 2.24) is 4.31 Å². The zero-order chi connectivity index (χ0) is 19.1. The Hall–Kier alpha value is -0.960. The van der Waals surface area contributed by atoms with Crippen LogP contribution in [0.5, 0.6) is 0 Å². The summed E-state index contributed by atoms with van der Waals surface area (Å²) < 4.78 is 57.9. The molecule has 2 fully saturated rings. The van der Waals surface area contributed by atoms with Crippen LogP contribution in [0.4, 0.5) is 0 Å². The third kappa shape index (κ3) is 3.98. The van der Waals surface area contributed by atoms with E-state index >= 15 is 0 Å². The second kappa shape index (κ2) is 7.22. The summed E-state index contributed by atoms with van der Waals surface area (Å²) in [5, 5.41) is 0. The Morgan fingerprint density at radius 3 is 2.38 bits per heavy atom. The molecule has 0 spiro atoms. The number of hydrogen-bond acceptors (Lipinski definition) is 5. The lowest BCUT2D eigenvalue weighted by Gasteiger charge is -2.30. The fraction of sp³-hybridized carbons (Fsp3) is 0.667. The fourth-order valence-electron chi connectivity index (χ4n) is 3.77. The SMILES string of the molecule is Cc1cc(C)c(S(=O)(=O)N(C[C@H]2CCCO2)[C@H]2CCS(=O)(=O)C2)cc1C. The van der Waals surface area contributed by atoms with Crippen molar-refractivity contribution in [3.05, 3.63) is 28.8 Å². The Balaban J connectivity index is 2.00. The first-order valence-electron chi connectivity index (χ1n) is 9.02. The van der Waals surface area contributed by atoms with Gasteiger partial charge in [0.25, 0.3) is 0 Å². The van der Waals surface area contributed by atoms with Crippen molar-refractivity contribution in [2.75, 3.05) is 24.7 Å². The molecule has 0 aliphatic carbocycles. The fourth-order valence-corrected chi connectivity index (χ4v) is 7.58. The second-order valence-corrected chi connectivity index (χ2v) is 11.6. The monoisotopic (exact) mass is 401 g/mol. The highest BCUT2D eigenvalue weighted by Gasteiger charge is 2.40. The first kappa shape index (κ1) is 19.8. The van der Waals surface area contributed by atoms with Gasteiger partial charge in [0.05, 0.1) is 22.5 Å². The Bertz CT molecular complexity index is 886. The van der Waals surface area contributed by atoms with Crippen LogP contribution < -0.4 is 0 Å². The molecule has 0 saturated carbocycles. The average Bonchev–Trinajstić information content (AvgIpc) is 3.17. The number of aryl methyl sites for hydroxylation is 3. The van der Waals surface area contributed by atoms with E-state index < -0.39 is 25.9 Å². The Morgan fingerprint density at radius 1 is 1.12 bits per heavy atom. The van der Waals surface area contributed by atoms with Gasteiger partial charge in [0, 0.05) is 19.2 Å². The molecule has 1 aromatic carbocycles. The molecule has 0 unspecified atom stereocenters. The summed E-state index contributed by atoms with van der Waals surface area (Å²) in [4.78, 5) is 0.267. The van der Waals surface area contributed by atoms with Gasteiger partial charge in [0.2, 0.25) is 10.0 Å². The molecule has 2 saturated heterocycles. The smallest absolute Gasteiger partial charge is 0.243 e. The van der Waals surface area contributed by atoms with Crippen LogP contribution >= 0.6 is 0 Å². The molecular weight excluding hydrogens is 374 g/mol. The molecule has 2 atom stereocenters. The van der Waals surface area contributed by atoms with Crippen molar-refractivity contribution >= 4 is 19.9 Å². The van der Waals surface area contributed by atoms with Crippen molar-refractivity contribution < 1.29 is 21.6 Å². The van der Waals surface area contributed by atoms with E-state index in [1.165, 1.54) is 4.31 Å². The maximum atomic E-state index is 13.5. The van der Waals surface area contributed by atoms with E-state index in [9.17, 15) is 16.8 Å². The summed E-state index contributed by atoms with van der Waals surface area (Å²) >= 11 is 0. The number of rotatable bonds is 5. The summed E-state index contributed by atoms with van der Waals surface area (Å²) in [7, 11) is -6.99. The van der Waals surface area contributed by atoms with Crippen molar-refractivity contribution in [3.63, 3.8) is 0 Å². The van der Waals surface area contributed by atoms with Gasteiger partial charge in [-0.15, -0.1) is 0 Å². The Morgan fingerprint density at radius 2 is 1.81 bits per heavy atom. The van der Waals surface area contributed by atoms with E-state index in [0.29, 0.717) is 18.6 Å². The Kier molecular flexibility index (Phi) is 5.50. The number of sulfonamides is 1. The third-order valence-corrected chi connectivity index (χ3v) is 9.21. The Labute approximate surface area is 156 Å². The predicted molar refractivity (Wildman–Crippen MR) is 101 cm³/mol. The number of ether oxygens (including phenoxy) is 1. The van der Waals surface area contributed by atoms with Gasteiger partial charge in [-0.25, -0.2) is 16.8 Å². The molecule has 0 radical (unpaired) electrons. The van der Waals surface area contributed by atoms with Gasteiger partial charge in [0.1, 0.15) is 0 Å². The minimum atomic E-state index is -3.80. The minimum Gasteiger partial charge on any atom is -0.377 e. The average molecular weight is 402 g/mol. The normalized spacial score (nSPS) is 25.8. The minimum absolute atomic E-state index is 0.0428. The quantitative estimate of drug-likeness (QED) is 0.753. The number of benzene rings is 1. The van der Waals surface area contributed by atoms with E-state index in [4.69, 9.17) is 4.74 Å². The summed E-state index contributed by atoms with van der Waals surface area (Å²) in [6, 6.07) is 3.05. The molecule has 0 bridgehead atoms. The molecule has 2 aliphatic heterocycles. The van der Waals surface area contributed by atoms with Crippen LogP contribution in [0.2, 0.25) is 0 Å². The van der Waals surface area contributed by atoms with Gasteiger partial charge in [-0.2, -0.15) is 4.31 Å².